The molecular formula is C11H15N3O2. The molecule has 0 unspecified atom stereocenters. The first-order chi connectivity index (χ1) is 7.77. The summed E-state index contributed by atoms with van der Waals surface area (Å²) in [6.07, 6.45) is 4.29. The van der Waals surface area contributed by atoms with Crippen LogP contribution in [0.15, 0.2) is 0 Å². The summed E-state index contributed by atoms with van der Waals surface area (Å²) in [5.74, 6) is -0.667. The second-order valence-electron chi connectivity index (χ2n) is 4.52. The van der Waals surface area contributed by atoms with Crippen LogP contribution in [0, 0.1) is 0 Å². The van der Waals surface area contributed by atoms with E-state index in [2.05, 4.69) is 10.3 Å². The first-order valence-corrected chi connectivity index (χ1v) is 5.81. The average Bonchev–Trinajstić information content (AvgIpc) is 2.56. The molecule has 1 aliphatic carbocycles. The van der Waals surface area contributed by atoms with Gasteiger partial charge in [-0.3, -0.25) is 0 Å². The van der Waals surface area contributed by atoms with E-state index in [0.717, 1.165) is 37.2 Å². The number of rotatable bonds is 2. The summed E-state index contributed by atoms with van der Waals surface area (Å²) in [5, 5.41) is 12.4. The van der Waals surface area contributed by atoms with Gasteiger partial charge in [0.1, 0.15) is 0 Å². The third kappa shape index (κ3) is 1.35. The summed E-state index contributed by atoms with van der Waals surface area (Å²) in [6, 6.07) is 0.375. The van der Waals surface area contributed by atoms with Crippen LogP contribution < -0.4 is 5.32 Å². The standard InChI is InChI=1S/C11H15N3O2/c15-11(16)10-13-8-6-12-5-4-9(8)14(10)7-2-1-3-7/h7,12H,1-6H2,(H,15,16). The molecule has 0 amide bonds. The van der Waals surface area contributed by atoms with E-state index >= 15 is 0 Å². The van der Waals surface area contributed by atoms with Crippen molar-refractivity contribution in [3.05, 3.63) is 17.2 Å². The van der Waals surface area contributed by atoms with E-state index in [9.17, 15) is 9.90 Å². The van der Waals surface area contributed by atoms with E-state index in [-0.39, 0.29) is 5.82 Å². The number of nitrogens with zero attached hydrogens (tertiary/aromatic N) is 2. The van der Waals surface area contributed by atoms with Crippen molar-refractivity contribution in [2.75, 3.05) is 6.54 Å². The Kier molecular flexibility index (Phi) is 2.21. The highest BCUT2D eigenvalue weighted by Crippen LogP contribution is 2.35. The fraction of sp³-hybridized carbons (Fsp3) is 0.636. The minimum Gasteiger partial charge on any atom is -0.475 e. The lowest BCUT2D eigenvalue weighted by atomic mass is 9.92. The van der Waals surface area contributed by atoms with E-state index in [4.69, 9.17) is 0 Å². The lowest BCUT2D eigenvalue weighted by Gasteiger charge is -2.30. The molecule has 0 saturated heterocycles. The Hall–Kier alpha value is -1.36. The van der Waals surface area contributed by atoms with Gasteiger partial charge in [0, 0.05) is 31.2 Å². The Bertz CT molecular complexity index is 435. The highest BCUT2D eigenvalue weighted by atomic mass is 16.4. The zero-order chi connectivity index (χ0) is 11.1. The molecule has 0 atom stereocenters. The molecule has 16 heavy (non-hydrogen) atoms. The van der Waals surface area contributed by atoms with Gasteiger partial charge in [-0.15, -0.1) is 0 Å². The number of aromatic carboxylic acids is 1. The maximum absolute atomic E-state index is 11.2. The zero-order valence-electron chi connectivity index (χ0n) is 9.07. The van der Waals surface area contributed by atoms with Crippen molar-refractivity contribution >= 4 is 5.97 Å². The maximum Gasteiger partial charge on any atom is 0.372 e. The van der Waals surface area contributed by atoms with Gasteiger partial charge in [-0.1, -0.05) is 0 Å². The third-order valence-corrected chi connectivity index (χ3v) is 3.56. The fourth-order valence-corrected chi connectivity index (χ4v) is 2.52. The molecule has 1 aromatic rings. The van der Waals surface area contributed by atoms with E-state index in [0.29, 0.717) is 12.6 Å². The molecule has 5 heteroatoms. The number of carbonyl (C=O) groups is 1. The Morgan fingerprint density at radius 3 is 2.94 bits per heavy atom. The third-order valence-electron chi connectivity index (χ3n) is 3.56. The molecular weight excluding hydrogens is 206 g/mol. The van der Waals surface area contributed by atoms with Crippen LogP contribution in [-0.2, 0) is 13.0 Å². The molecule has 5 nitrogen and oxygen atoms in total. The average molecular weight is 221 g/mol. The molecule has 0 aromatic carbocycles. The van der Waals surface area contributed by atoms with E-state index < -0.39 is 5.97 Å². The van der Waals surface area contributed by atoms with Crippen LogP contribution in [0.5, 0.6) is 0 Å². The predicted molar refractivity (Wildman–Crippen MR) is 57.5 cm³/mol. The van der Waals surface area contributed by atoms with Crippen molar-refractivity contribution in [1.82, 2.24) is 14.9 Å². The van der Waals surface area contributed by atoms with Crippen LogP contribution in [0.2, 0.25) is 0 Å². The number of imidazole rings is 1. The summed E-state index contributed by atoms with van der Waals surface area (Å²) in [7, 11) is 0. The Labute approximate surface area is 93.5 Å². The van der Waals surface area contributed by atoms with Gasteiger partial charge in [0.2, 0.25) is 5.82 Å². The number of hydrogen-bond donors (Lipinski definition) is 2. The molecule has 1 saturated carbocycles. The number of carboxylic acid groups (broad SMARTS) is 1. The van der Waals surface area contributed by atoms with Gasteiger partial charge in [-0.05, 0) is 19.3 Å². The molecule has 2 N–H and O–H groups in total. The minimum absolute atomic E-state index is 0.235. The number of hydrogen-bond acceptors (Lipinski definition) is 3. The molecule has 2 heterocycles. The predicted octanol–water partition coefficient (Wildman–Crippen LogP) is 0.952. The first-order valence-electron chi connectivity index (χ1n) is 5.81. The van der Waals surface area contributed by atoms with Gasteiger partial charge in [0.15, 0.2) is 0 Å². The molecule has 0 bridgehead atoms. The molecule has 1 aromatic heterocycles. The Morgan fingerprint density at radius 2 is 2.31 bits per heavy atom. The van der Waals surface area contributed by atoms with Crippen LogP contribution in [0.4, 0.5) is 0 Å². The highest BCUT2D eigenvalue weighted by Gasteiger charge is 2.30. The Morgan fingerprint density at radius 1 is 1.50 bits per heavy atom. The quantitative estimate of drug-likeness (QED) is 0.780. The summed E-state index contributed by atoms with van der Waals surface area (Å²) in [5.41, 5.74) is 2.07. The monoisotopic (exact) mass is 221 g/mol. The highest BCUT2D eigenvalue weighted by molar-refractivity contribution is 5.84. The Balaban J connectivity index is 2.09. The number of nitrogens with one attached hydrogen (secondary N) is 1. The van der Waals surface area contributed by atoms with Crippen LogP contribution in [0.3, 0.4) is 0 Å². The summed E-state index contributed by atoms with van der Waals surface area (Å²) < 4.78 is 1.97. The van der Waals surface area contributed by atoms with Crippen LogP contribution >= 0.6 is 0 Å². The second kappa shape index (κ2) is 3.59. The largest absolute Gasteiger partial charge is 0.475 e. The van der Waals surface area contributed by atoms with Crippen LogP contribution in [-0.4, -0.2) is 27.2 Å². The molecule has 3 rings (SSSR count). The van der Waals surface area contributed by atoms with Crippen molar-refractivity contribution in [2.45, 2.75) is 38.3 Å². The van der Waals surface area contributed by atoms with E-state index in [1.165, 1.54) is 6.42 Å². The van der Waals surface area contributed by atoms with Gasteiger partial charge < -0.3 is 15.0 Å². The van der Waals surface area contributed by atoms with Gasteiger partial charge in [0.25, 0.3) is 0 Å². The zero-order valence-corrected chi connectivity index (χ0v) is 9.07. The molecule has 1 fully saturated rings. The van der Waals surface area contributed by atoms with Gasteiger partial charge in [0.05, 0.1) is 5.69 Å². The number of aromatic nitrogens is 2. The van der Waals surface area contributed by atoms with Gasteiger partial charge >= 0.3 is 5.97 Å². The summed E-state index contributed by atoms with van der Waals surface area (Å²) in [6.45, 7) is 1.62. The smallest absolute Gasteiger partial charge is 0.372 e. The first kappa shape index (κ1) is 9.84. The van der Waals surface area contributed by atoms with Gasteiger partial charge in [-0.2, -0.15) is 0 Å². The summed E-state index contributed by atoms with van der Waals surface area (Å²) in [4.78, 5) is 15.4. The van der Waals surface area contributed by atoms with E-state index in [1.54, 1.807) is 0 Å². The normalized spacial score (nSPS) is 20.2. The van der Waals surface area contributed by atoms with Crippen molar-refractivity contribution in [3.63, 3.8) is 0 Å². The van der Waals surface area contributed by atoms with Gasteiger partial charge in [-0.25, -0.2) is 9.78 Å². The van der Waals surface area contributed by atoms with E-state index in [1.807, 2.05) is 4.57 Å². The minimum atomic E-state index is -0.902. The topological polar surface area (TPSA) is 67.1 Å². The molecule has 2 aliphatic rings. The lowest BCUT2D eigenvalue weighted by molar-refractivity contribution is 0.0670. The van der Waals surface area contributed by atoms with Crippen molar-refractivity contribution in [2.24, 2.45) is 0 Å². The van der Waals surface area contributed by atoms with Crippen molar-refractivity contribution < 1.29 is 9.90 Å². The summed E-state index contributed by atoms with van der Waals surface area (Å²) >= 11 is 0. The maximum atomic E-state index is 11.2. The van der Waals surface area contributed by atoms with Crippen molar-refractivity contribution in [3.8, 4) is 0 Å². The SMILES string of the molecule is O=C(O)c1nc2c(n1C1CCC1)CCNC2. The fourth-order valence-electron chi connectivity index (χ4n) is 2.52. The van der Waals surface area contributed by atoms with Crippen LogP contribution in [0.25, 0.3) is 0 Å². The number of fused-ring (bicyclic) bond motifs is 1. The molecule has 0 radical (unpaired) electrons. The second-order valence-corrected chi connectivity index (χ2v) is 4.52. The molecule has 1 aliphatic heterocycles. The van der Waals surface area contributed by atoms with Crippen molar-refractivity contribution in [1.29, 1.82) is 0 Å². The lowest BCUT2D eigenvalue weighted by Crippen LogP contribution is -2.28. The number of carboxylic acids is 1. The molecule has 86 valence electrons. The van der Waals surface area contributed by atoms with Crippen LogP contribution in [0.1, 0.15) is 47.3 Å². The molecule has 0 spiro atoms.